The molecule has 2 saturated carbocycles. The maximum atomic E-state index is 12.7. The standard InChI is InChI=1S/C20H26N4O/c21-18-11-16-3-1-4-17(12-18)19(16)23-20(25)15-7-5-14(6-8-15)13-24-10-2-9-22-24/h2,5-10,16-19H,1,3-4,11-13,21H2,(H,23,25). The van der Waals surface area contributed by atoms with Crippen LogP contribution >= 0.6 is 0 Å². The maximum absolute atomic E-state index is 12.7. The molecule has 3 N–H and O–H groups in total. The number of fused-ring (bicyclic) bond motifs is 2. The lowest BCUT2D eigenvalue weighted by Gasteiger charge is -2.45. The molecule has 5 nitrogen and oxygen atoms in total. The molecule has 0 saturated heterocycles. The first kappa shape index (κ1) is 16.3. The summed E-state index contributed by atoms with van der Waals surface area (Å²) >= 11 is 0. The maximum Gasteiger partial charge on any atom is 0.251 e. The third-order valence-electron chi connectivity index (χ3n) is 5.79. The van der Waals surface area contributed by atoms with Gasteiger partial charge < -0.3 is 11.1 Å². The molecule has 132 valence electrons. The number of amides is 1. The van der Waals surface area contributed by atoms with E-state index in [9.17, 15) is 4.79 Å². The molecule has 1 aromatic carbocycles. The van der Waals surface area contributed by atoms with Gasteiger partial charge in [-0.05, 0) is 61.3 Å². The van der Waals surface area contributed by atoms with Crippen molar-refractivity contribution >= 4 is 5.91 Å². The Morgan fingerprint density at radius 2 is 1.92 bits per heavy atom. The normalized spacial score (nSPS) is 28.5. The van der Waals surface area contributed by atoms with Crippen LogP contribution in [0.15, 0.2) is 42.7 Å². The fraction of sp³-hybridized carbons (Fsp3) is 0.500. The average Bonchev–Trinajstić information content (AvgIpc) is 3.09. The fourth-order valence-electron chi connectivity index (χ4n) is 4.60. The minimum Gasteiger partial charge on any atom is -0.349 e. The van der Waals surface area contributed by atoms with Gasteiger partial charge in [0.25, 0.3) is 5.91 Å². The molecule has 2 unspecified atom stereocenters. The molecule has 2 atom stereocenters. The van der Waals surface area contributed by atoms with Crippen LogP contribution in [0, 0.1) is 11.8 Å². The van der Waals surface area contributed by atoms with Crippen molar-refractivity contribution in [1.82, 2.24) is 15.1 Å². The van der Waals surface area contributed by atoms with E-state index in [4.69, 9.17) is 5.73 Å². The van der Waals surface area contributed by atoms with Crippen LogP contribution in [-0.4, -0.2) is 27.8 Å². The summed E-state index contributed by atoms with van der Waals surface area (Å²) in [7, 11) is 0. The Hall–Kier alpha value is -2.14. The minimum atomic E-state index is 0.0445. The van der Waals surface area contributed by atoms with Gasteiger partial charge in [-0.15, -0.1) is 0 Å². The van der Waals surface area contributed by atoms with Crippen molar-refractivity contribution in [3.05, 3.63) is 53.9 Å². The van der Waals surface area contributed by atoms with Gasteiger partial charge in [0.05, 0.1) is 6.54 Å². The topological polar surface area (TPSA) is 72.9 Å². The first-order valence-corrected chi connectivity index (χ1v) is 9.32. The van der Waals surface area contributed by atoms with E-state index in [1.54, 1.807) is 6.20 Å². The second-order valence-electron chi connectivity index (χ2n) is 7.58. The number of nitrogens with two attached hydrogens (primary N) is 1. The highest BCUT2D eigenvalue weighted by molar-refractivity contribution is 5.94. The zero-order chi connectivity index (χ0) is 17.2. The predicted octanol–water partition coefficient (Wildman–Crippen LogP) is 2.57. The van der Waals surface area contributed by atoms with Gasteiger partial charge in [0.1, 0.15) is 0 Å². The molecule has 2 aliphatic carbocycles. The van der Waals surface area contributed by atoms with Gasteiger partial charge in [-0.3, -0.25) is 9.48 Å². The number of aromatic nitrogens is 2. The number of carbonyl (C=O) groups is 1. The molecular weight excluding hydrogens is 312 g/mol. The Labute approximate surface area is 148 Å². The number of benzene rings is 1. The molecule has 1 aromatic heterocycles. The van der Waals surface area contributed by atoms with Crippen LogP contribution in [-0.2, 0) is 6.54 Å². The zero-order valence-corrected chi connectivity index (χ0v) is 14.5. The quantitative estimate of drug-likeness (QED) is 0.900. The molecule has 25 heavy (non-hydrogen) atoms. The highest BCUT2D eigenvalue weighted by atomic mass is 16.1. The number of nitrogens with one attached hydrogen (secondary N) is 1. The summed E-state index contributed by atoms with van der Waals surface area (Å²) in [6.45, 7) is 0.722. The molecule has 1 amide bonds. The third kappa shape index (κ3) is 3.61. The van der Waals surface area contributed by atoms with E-state index < -0.39 is 0 Å². The van der Waals surface area contributed by atoms with E-state index in [1.807, 2.05) is 41.2 Å². The summed E-state index contributed by atoms with van der Waals surface area (Å²) in [5, 5.41) is 7.52. The number of hydrogen-bond acceptors (Lipinski definition) is 3. The number of hydrogen-bond donors (Lipinski definition) is 2. The van der Waals surface area contributed by atoms with Crippen LogP contribution in [0.3, 0.4) is 0 Å². The van der Waals surface area contributed by atoms with Crippen molar-refractivity contribution < 1.29 is 4.79 Å². The summed E-state index contributed by atoms with van der Waals surface area (Å²) in [6, 6.07) is 10.4. The Morgan fingerprint density at radius 3 is 2.56 bits per heavy atom. The summed E-state index contributed by atoms with van der Waals surface area (Å²) < 4.78 is 1.88. The van der Waals surface area contributed by atoms with Crippen LogP contribution in [0.1, 0.15) is 48.0 Å². The summed E-state index contributed by atoms with van der Waals surface area (Å²) in [5.74, 6) is 1.14. The fourth-order valence-corrected chi connectivity index (χ4v) is 4.60. The third-order valence-corrected chi connectivity index (χ3v) is 5.79. The molecule has 2 fully saturated rings. The highest BCUT2D eigenvalue weighted by Gasteiger charge is 2.39. The second kappa shape index (κ2) is 7.00. The lowest BCUT2D eigenvalue weighted by molar-refractivity contribution is 0.0756. The molecule has 2 aromatic rings. The Bertz CT molecular complexity index is 696. The molecule has 0 radical (unpaired) electrons. The number of carbonyl (C=O) groups excluding carboxylic acids is 1. The van der Waals surface area contributed by atoms with Crippen molar-refractivity contribution in [1.29, 1.82) is 0 Å². The van der Waals surface area contributed by atoms with Crippen LogP contribution in [0.2, 0.25) is 0 Å². The SMILES string of the molecule is NC1CC2CCCC(C1)C2NC(=O)c1ccc(Cn2cccn2)cc1. The number of rotatable bonds is 4. The van der Waals surface area contributed by atoms with Crippen molar-refractivity contribution in [3.63, 3.8) is 0 Å². The average molecular weight is 338 g/mol. The van der Waals surface area contributed by atoms with Crippen molar-refractivity contribution in [2.24, 2.45) is 17.6 Å². The molecule has 2 bridgehead atoms. The van der Waals surface area contributed by atoms with E-state index in [2.05, 4.69) is 10.4 Å². The van der Waals surface area contributed by atoms with Gasteiger partial charge in [-0.1, -0.05) is 18.6 Å². The van der Waals surface area contributed by atoms with Gasteiger partial charge in [0.15, 0.2) is 0 Å². The van der Waals surface area contributed by atoms with Crippen molar-refractivity contribution in [3.8, 4) is 0 Å². The van der Waals surface area contributed by atoms with E-state index in [-0.39, 0.29) is 5.91 Å². The van der Waals surface area contributed by atoms with Crippen LogP contribution < -0.4 is 11.1 Å². The summed E-state index contributed by atoms with van der Waals surface area (Å²) in [4.78, 5) is 12.7. The van der Waals surface area contributed by atoms with Crippen molar-refractivity contribution in [2.45, 2.75) is 50.7 Å². The lowest BCUT2D eigenvalue weighted by Crippen LogP contribution is -2.53. The number of nitrogens with zero attached hydrogens (tertiary/aromatic N) is 2. The van der Waals surface area contributed by atoms with Crippen LogP contribution in [0.25, 0.3) is 0 Å². The second-order valence-corrected chi connectivity index (χ2v) is 7.58. The monoisotopic (exact) mass is 338 g/mol. The van der Waals surface area contributed by atoms with Gasteiger partial charge in [-0.2, -0.15) is 5.10 Å². The summed E-state index contributed by atoms with van der Waals surface area (Å²) in [6.07, 6.45) is 9.46. The van der Waals surface area contributed by atoms with E-state index in [0.717, 1.165) is 30.5 Å². The Balaban J connectivity index is 1.41. The largest absolute Gasteiger partial charge is 0.349 e. The van der Waals surface area contributed by atoms with E-state index in [0.29, 0.717) is 23.9 Å². The smallest absolute Gasteiger partial charge is 0.251 e. The van der Waals surface area contributed by atoms with Gasteiger partial charge in [0, 0.05) is 30.0 Å². The zero-order valence-electron chi connectivity index (χ0n) is 14.5. The highest BCUT2D eigenvalue weighted by Crippen LogP contribution is 2.39. The Kier molecular flexibility index (Phi) is 4.57. The van der Waals surface area contributed by atoms with Gasteiger partial charge in [-0.25, -0.2) is 0 Å². The first-order valence-electron chi connectivity index (χ1n) is 9.32. The molecule has 5 heteroatoms. The van der Waals surface area contributed by atoms with Gasteiger partial charge >= 0.3 is 0 Å². The predicted molar refractivity (Wildman–Crippen MR) is 97.1 cm³/mol. The van der Waals surface area contributed by atoms with E-state index in [1.165, 1.54) is 19.3 Å². The Morgan fingerprint density at radius 1 is 1.20 bits per heavy atom. The molecule has 4 rings (SSSR count). The molecule has 0 spiro atoms. The molecule has 2 aliphatic rings. The lowest BCUT2D eigenvalue weighted by atomic mass is 9.67. The van der Waals surface area contributed by atoms with Crippen molar-refractivity contribution in [2.75, 3.05) is 0 Å². The molecule has 0 aliphatic heterocycles. The van der Waals surface area contributed by atoms with Crippen LogP contribution in [0.5, 0.6) is 0 Å². The molecular formula is C20H26N4O. The van der Waals surface area contributed by atoms with Crippen LogP contribution in [0.4, 0.5) is 0 Å². The van der Waals surface area contributed by atoms with Gasteiger partial charge in [0.2, 0.25) is 0 Å². The van der Waals surface area contributed by atoms with E-state index >= 15 is 0 Å². The molecule has 1 heterocycles. The minimum absolute atomic E-state index is 0.0445. The first-order chi connectivity index (χ1) is 12.2. The summed E-state index contributed by atoms with van der Waals surface area (Å²) in [5.41, 5.74) is 8.05.